The molecule has 196 valence electrons. The number of carbonyl (C=O) groups is 1. The molecule has 2 fully saturated rings. The van der Waals surface area contributed by atoms with E-state index >= 15 is 0 Å². The molecule has 0 spiro atoms. The summed E-state index contributed by atoms with van der Waals surface area (Å²) in [7, 11) is 0. The number of hydrogen-bond donors (Lipinski definition) is 3. The predicted octanol–water partition coefficient (Wildman–Crippen LogP) is 5.81. The summed E-state index contributed by atoms with van der Waals surface area (Å²) in [6.45, 7) is 3.87. The molecule has 3 N–H and O–H groups in total. The van der Waals surface area contributed by atoms with Crippen molar-refractivity contribution in [2.75, 3.05) is 18.4 Å². The fourth-order valence-corrected chi connectivity index (χ4v) is 5.98. The number of benzene rings is 1. The van der Waals surface area contributed by atoms with E-state index in [1.54, 1.807) is 6.20 Å². The monoisotopic (exact) mass is 528 g/mol. The summed E-state index contributed by atoms with van der Waals surface area (Å²) >= 11 is 6.40. The Bertz CT molecular complexity index is 1410. The molecule has 4 heterocycles. The Morgan fingerprint density at radius 3 is 2.61 bits per heavy atom. The van der Waals surface area contributed by atoms with Gasteiger partial charge >= 0.3 is 0 Å². The standard InChI is InChI=1S/C30H33ClN6O/c1-19(20-6-3-2-4-7-20)37-17-22(18-37)30(38)35-24-11-9-23(10-12-24)34-28-15-21(14-27(31)36-28)26-16-33-29-25(26)8-5-13-32-29/h2-8,13-16,19,22-24H,9-12,17-18H2,1H3,(H,32,33)(H,34,36)(H,35,38). The fraction of sp³-hybridized carbons (Fsp3) is 0.367. The summed E-state index contributed by atoms with van der Waals surface area (Å²) in [5.74, 6) is 1.07. The van der Waals surface area contributed by atoms with Crippen LogP contribution in [-0.2, 0) is 4.79 Å². The number of aromatic amines is 1. The highest BCUT2D eigenvalue weighted by molar-refractivity contribution is 6.29. The van der Waals surface area contributed by atoms with Crippen LogP contribution in [0.5, 0.6) is 0 Å². The fourth-order valence-electron chi connectivity index (χ4n) is 5.77. The summed E-state index contributed by atoms with van der Waals surface area (Å²) < 4.78 is 0. The second-order valence-electron chi connectivity index (χ2n) is 10.6. The van der Waals surface area contributed by atoms with E-state index in [-0.39, 0.29) is 17.9 Å². The number of aromatic nitrogens is 3. The van der Waals surface area contributed by atoms with Gasteiger partial charge in [-0.25, -0.2) is 9.97 Å². The average Bonchev–Trinajstić information content (AvgIpc) is 3.33. The number of nitrogens with zero attached hydrogens (tertiary/aromatic N) is 3. The van der Waals surface area contributed by atoms with Crippen LogP contribution in [0.25, 0.3) is 22.2 Å². The van der Waals surface area contributed by atoms with Gasteiger partial charge in [0, 0.05) is 54.6 Å². The zero-order valence-electron chi connectivity index (χ0n) is 21.5. The molecule has 1 atom stereocenters. The van der Waals surface area contributed by atoms with Gasteiger partial charge in [0.25, 0.3) is 0 Å². The number of nitrogens with one attached hydrogen (secondary N) is 3. The minimum atomic E-state index is 0.0887. The van der Waals surface area contributed by atoms with Gasteiger partial charge in [0.15, 0.2) is 0 Å². The van der Waals surface area contributed by atoms with E-state index in [4.69, 9.17) is 11.6 Å². The van der Waals surface area contributed by atoms with Crippen LogP contribution in [0.4, 0.5) is 5.82 Å². The zero-order chi connectivity index (χ0) is 26.1. The van der Waals surface area contributed by atoms with Crippen molar-refractivity contribution in [2.24, 2.45) is 5.92 Å². The lowest BCUT2D eigenvalue weighted by molar-refractivity contribution is -0.132. The molecule has 7 nitrogen and oxygen atoms in total. The summed E-state index contributed by atoms with van der Waals surface area (Å²) in [6, 6.07) is 19.3. The lowest BCUT2D eigenvalue weighted by atomic mass is 9.89. The van der Waals surface area contributed by atoms with Crippen LogP contribution >= 0.6 is 11.6 Å². The molecule has 4 aromatic rings. The van der Waals surface area contributed by atoms with Crippen molar-refractivity contribution in [3.8, 4) is 11.1 Å². The van der Waals surface area contributed by atoms with Gasteiger partial charge in [-0.2, -0.15) is 0 Å². The second kappa shape index (κ2) is 10.8. The Morgan fingerprint density at radius 2 is 1.82 bits per heavy atom. The SMILES string of the molecule is CC(c1ccccc1)N1CC(C(=O)NC2CCC(Nc3cc(-c4c[nH]c5ncccc45)cc(Cl)n3)CC2)C1. The first-order valence-corrected chi connectivity index (χ1v) is 13.9. The molecule has 6 rings (SSSR count). The quantitative estimate of drug-likeness (QED) is 0.263. The maximum Gasteiger partial charge on any atom is 0.225 e. The van der Waals surface area contributed by atoms with E-state index in [1.165, 1.54) is 5.56 Å². The second-order valence-corrected chi connectivity index (χ2v) is 11.0. The van der Waals surface area contributed by atoms with E-state index in [1.807, 2.05) is 30.5 Å². The number of H-pyrrole nitrogens is 1. The number of halogens is 1. The Labute approximate surface area is 228 Å². The third kappa shape index (κ3) is 5.26. The van der Waals surface area contributed by atoms with Crippen LogP contribution in [0.1, 0.15) is 44.2 Å². The van der Waals surface area contributed by atoms with E-state index < -0.39 is 0 Å². The third-order valence-electron chi connectivity index (χ3n) is 8.09. The normalized spacial score (nSPS) is 21.1. The number of pyridine rings is 2. The number of amides is 1. The van der Waals surface area contributed by atoms with Gasteiger partial charge in [0.1, 0.15) is 16.6 Å². The first-order valence-electron chi connectivity index (χ1n) is 13.5. The molecule has 1 unspecified atom stereocenters. The van der Waals surface area contributed by atoms with Crippen LogP contribution in [0.15, 0.2) is 67.0 Å². The van der Waals surface area contributed by atoms with E-state index in [0.29, 0.717) is 17.2 Å². The number of anilines is 1. The van der Waals surface area contributed by atoms with Crippen molar-refractivity contribution >= 4 is 34.4 Å². The number of likely N-dealkylation sites (tertiary alicyclic amines) is 1. The topological polar surface area (TPSA) is 85.9 Å². The van der Waals surface area contributed by atoms with E-state index in [9.17, 15) is 4.79 Å². The van der Waals surface area contributed by atoms with Crippen molar-refractivity contribution in [3.63, 3.8) is 0 Å². The minimum absolute atomic E-state index is 0.0887. The van der Waals surface area contributed by atoms with Gasteiger partial charge in [0.2, 0.25) is 5.91 Å². The van der Waals surface area contributed by atoms with Gasteiger partial charge in [-0.05, 0) is 68.0 Å². The van der Waals surface area contributed by atoms with Crippen molar-refractivity contribution < 1.29 is 4.79 Å². The minimum Gasteiger partial charge on any atom is -0.367 e. The van der Waals surface area contributed by atoms with Gasteiger partial charge in [0.05, 0.1) is 5.92 Å². The third-order valence-corrected chi connectivity index (χ3v) is 8.29. The molecule has 0 bridgehead atoms. The van der Waals surface area contributed by atoms with Crippen molar-refractivity contribution in [1.82, 2.24) is 25.2 Å². The molecule has 1 aliphatic heterocycles. The molecule has 38 heavy (non-hydrogen) atoms. The van der Waals surface area contributed by atoms with E-state index in [2.05, 4.69) is 67.7 Å². The first kappa shape index (κ1) is 24.9. The van der Waals surface area contributed by atoms with Crippen LogP contribution < -0.4 is 10.6 Å². The van der Waals surface area contributed by atoms with Crippen molar-refractivity contribution in [2.45, 2.75) is 50.7 Å². The molecule has 1 saturated carbocycles. The smallest absolute Gasteiger partial charge is 0.225 e. The van der Waals surface area contributed by atoms with Crippen molar-refractivity contribution in [1.29, 1.82) is 0 Å². The molecule has 8 heteroatoms. The van der Waals surface area contributed by atoms with Gasteiger partial charge in [-0.1, -0.05) is 41.9 Å². The zero-order valence-corrected chi connectivity index (χ0v) is 22.3. The number of hydrogen-bond acceptors (Lipinski definition) is 5. The molecule has 0 radical (unpaired) electrons. The summed E-state index contributed by atoms with van der Waals surface area (Å²) in [4.78, 5) is 27.4. The molecular formula is C30H33ClN6O. The highest BCUT2D eigenvalue weighted by Gasteiger charge is 2.36. The maximum atomic E-state index is 12.9. The number of rotatable bonds is 7. The molecular weight excluding hydrogens is 496 g/mol. The van der Waals surface area contributed by atoms with Crippen LogP contribution in [0.2, 0.25) is 5.15 Å². The maximum absolute atomic E-state index is 12.9. The van der Waals surface area contributed by atoms with Gasteiger partial charge in [-0.3, -0.25) is 9.69 Å². The van der Waals surface area contributed by atoms with Crippen LogP contribution in [-0.4, -0.2) is 50.9 Å². The lowest BCUT2D eigenvalue weighted by Crippen LogP contribution is -2.55. The molecule has 1 amide bonds. The number of fused-ring (bicyclic) bond motifs is 1. The highest BCUT2D eigenvalue weighted by atomic mass is 35.5. The van der Waals surface area contributed by atoms with Crippen molar-refractivity contribution in [3.05, 3.63) is 77.7 Å². The van der Waals surface area contributed by atoms with Crippen LogP contribution in [0.3, 0.4) is 0 Å². The first-order chi connectivity index (χ1) is 18.5. The molecule has 1 aliphatic carbocycles. The highest BCUT2D eigenvalue weighted by Crippen LogP contribution is 2.32. The van der Waals surface area contributed by atoms with Crippen LogP contribution in [0, 0.1) is 5.92 Å². The van der Waals surface area contributed by atoms with Gasteiger partial charge < -0.3 is 15.6 Å². The summed E-state index contributed by atoms with van der Waals surface area (Å²) in [6.07, 6.45) is 7.62. The Balaban J connectivity index is 0.998. The van der Waals surface area contributed by atoms with E-state index in [0.717, 1.165) is 66.8 Å². The largest absolute Gasteiger partial charge is 0.367 e. The number of carbonyl (C=O) groups excluding carboxylic acids is 1. The Kier molecular flexibility index (Phi) is 7.04. The molecule has 3 aromatic heterocycles. The van der Waals surface area contributed by atoms with Gasteiger partial charge in [-0.15, -0.1) is 0 Å². The Hall–Kier alpha value is -3.42. The summed E-state index contributed by atoms with van der Waals surface area (Å²) in [5.41, 5.74) is 4.21. The Morgan fingerprint density at radius 1 is 1.05 bits per heavy atom. The molecule has 2 aliphatic rings. The molecule has 1 aromatic carbocycles. The summed E-state index contributed by atoms with van der Waals surface area (Å²) in [5, 5.41) is 8.42. The predicted molar refractivity (Wildman–Crippen MR) is 152 cm³/mol. The average molecular weight is 529 g/mol. The molecule has 1 saturated heterocycles. The lowest BCUT2D eigenvalue weighted by Gasteiger charge is -2.43.